The zero-order valence-corrected chi connectivity index (χ0v) is 19.2. The number of guanidine groups is 1. The Hall–Kier alpha value is -0.120. The van der Waals surface area contributed by atoms with Crippen LogP contribution in [0.4, 0.5) is 0 Å². The average molecular weight is 478 g/mol. The van der Waals surface area contributed by atoms with Gasteiger partial charge >= 0.3 is 0 Å². The van der Waals surface area contributed by atoms with Gasteiger partial charge in [-0.2, -0.15) is 0 Å². The minimum Gasteiger partial charge on any atom is -0.355 e. The molecule has 2 heterocycles. The molecule has 1 saturated carbocycles. The Morgan fingerprint density at radius 3 is 2.35 bits per heavy atom. The van der Waals surface area contributed by atoms with E-state index in [1.165, 1.54) is 58.2 Å². The van der Waals surface area contributed by atoms with Crippen LogP contribution >= 0.6 is 24.0 Å². The molecular formula is C19H39IN6. The number of halogens is 1. The second-order valence-corrected chi connectivity index (χ2v) is 8.24. The molecule has 1 unspecified atom stereocenters. The van der Waals surface area contributed by atoms with Crippen LogP contribution in [0.1, 0.15) is 38.5 Å². The van der Waals surface area contributed by atoms with E-state index >= 15 is 0 Å². The van der Waals surface area contributed by atoms with E-state index < -0.39 is 0 Å². The molecule has 2 aliphatic heterocycles. The minimum atomic E-state index is 0. The van der Waals surface area contributed by atoms with Crippen LogP contribution in [0.5, 0.6) is 0 Å². The second-order valence-electron chi connectivity index (χ2n) is 8.24. The lowest BCUT2D eigenvalue weighted by Gasteiger charge is -2.38. The molecule has 3 rings (SSSR count). The van der Waals surface area contributed by atoms with Crippen LogP contribution in [0.3, 0.4) is 0 Å². The molecule has 2 saturated heterocycles. The summed E-state index contributed by atoms with van der Waals surface area (Å²) in [6.45, 7) is 6.89. The Bertz CT molecular complexity index is 432. The molecule has 2 N–H and O–H groups in total. The third kappa shape index (κ3) is 6.21. The Kier molecular flexibility index (Phi) is 9.40. The third-order valence-electron chi connectivity index (χ3n) is 6.42. The van der Waals surface area contributed by atoms with Gasteiger partial charge < -0.3 is 20.4 Å². The van der Waals surface area contributed by atoms with Crippen LogP contribution in [0.15, 0.2) is 4.99 Å². The first-order valence-corrected chi connectivity index (χ1v) is 10.3. The molecule has 0 spiro atoms. The first-order valence-electron chi connectivity index (χ1n) is 10.3. The summed E-state index contributed by atoms with van der Waals surface area (Å²) in [4.78, 5) is 12.1. The predicted molar refractivity (Wildman–Crippen MR) is 121 cm³/mol. The quantitative estimate of drug-likeness (QED) is 0.364. The molecule has 3 fully saturated rings. The fourth-order valence-corrected chi connectivity index (χ4v) is 4.60. The molecule has 26 heavy (non-hydrogen) atoms. The number of hydrogen-bond acceptors (Lipinski definition) is 4. The van der Waals surface area contributed by atoms with Gasteiger partial charge in [-0.05, 0) is 39.8 Å². The number of likely N-dealkylation sites (tertiary alicyclic amines) is 1. The highest BCUT2D eigenvalue weighted by atomic mass is 127. The molecule has 152 valence electrons. The fourth-order valence-electron chi connectivity index (χ4n) is 4.60. The summed E-state index contributed by atoms with van der Waals surface area (Å²) in [6, 6.07) is 1.99. The maximum Gasteiger partial charge on any atom is 0.191 e. The van der Waals surface area contributed by atoms with E-state index in [9.17, 15) is 0 Å². The molecule has 0 radical (unpaired) electrons. The average Bonchev–Trinajstić information content (AvgIpc) is 3.16. The Balaban J connectivity index is 0.00000243. The molecule has 7 heteroatoms. The van der Waals surface area contributed by atoms with Crippen LogP contribution in [0.2, 0.25) is 0 Å². The van der Waals surface area contributed by atoms with Gasteiger partial charge in [-0.1, -0.05) is 12.8 Å². The summed E-state index contributed by atoms with van der Waals surface area (Å²) in [5.41, 5.74) is 0. The Morgan fingerprint density at radius 2 is 1.69 bits per heavy atom. The zero-order valence-electron chi connectivity index (χ0n) is 16.9. The molecule has 6 nitrogen and oxygen atoms in total. The van der Waals surface area contributed by atoms with E-state index in [2.05, 4.69) is 44.4 Å². The fraction of sp³-hybridized carbons (Fsp3) is 0.947. The number of nitrogens with zero attached hydrogens (tertiary/aromatic N) is 4. The van der Waals surface area contributed by atoms with Crippen molar-refractivity contribution in [3.63, 3.8) is 0 Å². The maximum atomic E-state index is 4.46. The number of rotatable bonds is 4. The smallest absolute Gasteiger partial charge is 0.191 e. The van der Waals surface area contributed by atoms with Gasteiger partial charge in [-0.3, -0.25) is 9.89 Å². The standard InChI is InChI=1S/C19H38N6.HI/c1-20-19(21-14-18-15-23(2)12-13-24(18)3)22-16-8-10-25(11-9-16)17-6-4-5-7-17;/h16-18H,4-15H2,1-3H3,(H2,20,21,22);1H. The number of hydrogen-bond donors (Lipinski definition) is 2. The molecular weight excluding hydrogens is 439 g/mol. The van der Waals surface area contributed by atoms with Gasteiger partial charge in [0.2, 0.25) is 0 Å². The van der Waals surface area contributed by atoms with Crippen molar-refractivity contribution >= 4 is 29.9 Å². The van der Waals surface area contributed by atoms with Crippen molar-refractivity contribution < 1.29 is 0 Å². The van der Waals surface area contributed by atoms with Crippen molar-refractivity contribution in [1.29, 1.82) is 0 Å². The Labute approximate surface area is 177 Å². The second kappa shape index (κ2) is 11.0. The lowest BCUT2D eigenvalue weighted by atomic mass is 10.0. The molecule has 0 aromatic heterocycles. The SMILES string of the molecule is CN=C(NCC1CN(C)CCN1C)NC1CCN(C2CCCC2)CC1.I. The topological polar surface area (TPSA) is 46.1 Å². The van der Waals surface area contributed by atoms with Crippen molar-refractivity contribution in [2.24, 2.45) is 4.99 Å². The Morgan fingerprint density at radius 1 is 1.00 bits per heavy atom. The number of nitrogens with one attached hydrogen (secondary N) is 2. The molecule has 3 aliphatic rings. The first kappa shape index (κ1) is 22.2. The van der Waals surface area contributed by atoms with Gasteiger partial charge in [-0.25, -0.2) is 0 Å². The van der Waals surface area contributed by atoms with Crippen LogP contribution in [0, 0.1) is 0 Å². The van der Waals surface area contributed by atoms with E-state index in [1.807, 2.05) is 7.05 Å². The van der Waals surface area contributed by atoms with Gasteiger partial charge in [-0.15, -0.1) is 24.0 Å². The molecule has 0 aromatic carbocycles. The van der Waals surface area contributed by atoms with Gasteiger partial charge in [0, 0.05) is 64.4 Å². The third-order valence-corrected chi connectivity index (χ3v) is 6.42. The van der Waals surface area contributed by atoms with Crippen LogP contribution in [0.25, 0.3) is 0 Å². The molecule has 0 bridgehead atoms. The number of aliphatic imine (C=N–C) groups is 1. The van der Waals surface area contributed by atoms with Crippen LogP contribution in [-0.2, 0) is 0 Å². The lowest BCUT2D eigenvalue weighted by Crippen LogP contribution is -2.56. The normalized spacial score (nSPS) is 28.1. The van der Waals surface area contributed by atoms with Gasteiger partial charge in [0.25, 0.3) is 0 Å². The van der Waals surface area contributed by atoms with Crippen LogP contribution < -0.4 is 10.6 Å². The van der Waals surface area contributed by atoms with E-state index in [1.54, 1.807) is 0 Å². The molecule has 1 atom stereocenters. The maximum absolute atomic E-state index is 4.46. The monoisotopic (exact) mass is 478 g/mol. The van der Waals surface area contributed by atoms with Crippen molar-refractivity contribution in [3.05, 3.63) is 0 Å². The molecule has 0 amide bonds. The molecule has 1 aliphatic carbocycles. The zero-order chi connectivity index (χ0) is 17.6. The summed E-state index contributed by atoms with van der Waals surface area (Å²) < 4.78 is 0. The summed E-state index contributed by atoms with van der Waals surface area (Å²) in [5.74, 6) is 0.973. The van der Waals surface area contributed by atoms with E-state index in [4.69, 9.17) is 0 Å². The van der Waals surface area contributed by atoms with E-state index in [-0.39, 0.29) is 24.0 Å². The summed E-state index contributed by atoms with van der Waals surface area (Å²) >= 11 is 0. The number of piperazine rings is 1. The lowest BCUT2D eigenvalue weighted by molar-refractivity contribution is 0.116. The van der Waals surface area contributed by atoms with Crippen molar-refractivity contribution in [2.75, 3.05) is 60.4 Å². The summed E-state index contributed by atoms with van der Waals surface area (Å²) in [5, 5.41) is 7.22. The summed E-state index contributed by atoms with van der Waals surface area (Å²) in [7, 11) is 6.33. The highest BCUT2D eigenvalue weighted by molar-refractivity contribution is 14.0. The summed E-state index contributed by atoms with van der Waals surface area (Å²) in [6.07, 6.45) is 8.19. The van der Waals surface area contributed by atoms with Crippen molar-refractivity contribution in [2.45, 2.75) is 56.7 Å². The van der Waals surface area contributed by atoms with Gasteiger partial charge in [0.05, 0.1) is 0 Å². The van der Waals surface area contributed by atoms with Gasteiger partial charge in [0.1, 0.15) is 0 Å². The van der Waals surface area contributed by atoms with E-state index in [0.717, 1.165) is 31.6 Å². The number of likely N-dealkylation sites (N-methyl/N-ethyl adjacent to an activating group) is 2. The predicted octanol–water partition coefficient (Wildman–Crippen LogP) is 1.42. The molecule has 0 aromatic rings. The van der Waals surface area contributed by atoms with Crippen LogP contribution in [-0.4, -0.2) is 99.2 Å². The number of piperidine rings is 1. The highest BCUT2D eigenvalue weighted by Gasteiger charge is 2.27. The highest BCUT2D eigenvalue weighted by Crippen LogP contribution is 2.26. The minimum absolute atomic E-state index is 0. The van der Waals surface area contributed by atoms with Crippen molar-refractivity contribution in [1.82, 2.24) is 25.3 Å². The van der Waals surface area contributed by atoms with E-state index in [0.29, 0.717) is 12.1 Å². The first-order chi connectivity index (χ1) is 12.2. The largest absolute Gasteiger partial charge is 0.355 e. The van der Waals surface area contributed by atoms with Crippen molar-refractivity contribution in [3.8, 4) is 0 Å². The van der Waals surface area contributed by atoms with Gasteiger partial charge in [0.15, 0.2) is 5.96 Å².